The van der Waals surface area contributed by atoms with Gasteiger partial charge in [-0.05, 0) is 17.2 Å². The molecule has 0 spiro atoms. The maximum Gasteiger partial charge on any atom is 0.132 e. The molecular formula is C20H17NO. The van der Waals surface area contributed by atoms with Crippen LogP contribution < -0.4 is 0 Å². The van der Waals surface area contributed by atoms with Gasteiger partial charge in [-0.2, -0.15) is 0 Å². The van der Waals surface area contributed by atoms with Crippen molar-refractivity contribution in [2.24, 2.45) is 4.99 Å². The van der Waals surface area contributed by atoms with Crippen LogP contribution in [0, 0.1) is 0 Å². The Kier molecular flexibility index (Phi) is 4.30. The summed E-state index contributed by atoms with van der Waals surface area (Å²) in [5.41, 5.74) is 3.71. The average molecular weight is 287 g/mol. The second-order valence-corrected chi connectivity index (χ2v) is 5.06. The van der Waals surface area contributed by atoms with Gasteiger partial charge >= 0.3 is 0 Å². The number of hydrogen-bond acceptors (Lipinski definition) is 2. The van der Waals surface area contributed by atoms with Crippen molar-refractivity contribution in [1.82, 2.24) is 0 Å². The number of benzene rings is 3. The number of para-hydroxylation sites is 1. The number of hydrogen-bond donors (Lipinski definition) is 1. The van der Waals surface area contributed by atoms with Crippen LogP contribution in [0.2, 0.25) is 0 Å². The van der Waals surface area contributed by atoms with Crippen molar-refractivity contribution in [2.75, 3.05) is 0 Å². The van der Waals surface area contributed by atoms with Crippen molar-refractivity contribution in [1.29, 1.82) is 0 Å². The van der Waals surface area contributed by atoms with E-state index in [1.807, 2.05) is 78.9 Å². The molecule has 0 atom stereocenters. The Labute approximate surface area is 130 Å². The molecular weight excluding hydrogens is 270 g/mol. The summed E-state index contributed by atoms with van der Waals surface area (Å²) >= 11 is 0. The second kappa shape index (κ2) is 6.72. The Bertz CT molecular complexity index is 764. The van der Waals surface area contributed by atoms with Crippen LogP contribution in [0.3, 0.4) is 0 Å². The lowest BCUT2D eigenvalue weighted by molar-refractivity contribution is 0.476. The summed E-state index contributed by atoms with van der Waals surface area (Å²) in [4.78, 5) is 4.42. The zero-order valence-corrected chi connectivity index (χ0v) is 12.2. The smallest absolute Gasteiger partial charge is 0.132 e. The van der Waals surface area contributed by atoms with E-state index >= 15 is 0 Å². The number of phenols is 1. The van der Waals surface area contributed by atoms with Gasteiger partial charge in [0.15, 0.2) is 0 Å². The Hall–Kier alpha value is -2.87. The minimum absolute atomic E-state index is 0.269. The van der Waals surface area contributed by atoms with E-state index in [2.05, 4.69) is 4.99 Å². The van der Waals surface area contributed by atoms with Gasteiger partial charge in [0.25, 0.3) is 0 Å². The zero-order valence-electron chi connectivity index (χ0n) is 12.2. The molecule has 0 aliphatic heterocycles. The molecule has 0 fully saturated rings. The van der Waals surface area contributed by atoms with Crippen molar-refractivity contribution in [3.05, 3.63) is 90.0 Å². The van der Waals surface area contributed by atoms with Crippen molar-refractivity contribution >= 4 is 6.21 Å². The van der Waals surface area contributed by atoms with Gasteiger partial charge in [0.2, 0.25) is 0 Å². The molecule has 0 amide bonds. The van der Waals surface area contributed by atoms with E-state index in [0.29, 0.717) is 6.54 Å². The molecule has 2 heteroatoms. The van der Waals surface area contributed by atoms with E-state index in [9.17, 15) is 5.11 Å². The van der Waals surface area contributed by atoms with Gasteiger partial charge in [-0.15, -0.1) is 0 Å². The minimum atomic E-state index is 0.269. The van der Waals surface area contributed by atoms with E-state index < -0.39 is 0 Å². The lowest BCUT2D eigenvalue weighted by Crippen LogP contribution is -1.88. The van der Waals surface area contributed by atoms with Gasteiger partial charge in [0, 0.05) is 17.3 Å². The molecule has 0 saturated heterocycles. The standard InChI is InChI=1S/C20H17NO/c22-20-18(15-21-14-16-8-3-1-4-9-16)12-7-13-19(20)17-10-5-2-6-11-17/h1-13,15,22H,14H2. The van der Waals surface area contributed by atoms with Crippen LogP contribution in [0.15, 0.2) is 83.9 Å². The maximum atomic E-state index is 10.4. The van der Waals surface area contributed by atoms with Gasteiger partial charge in [0.05, 0.1) is 6.54 Å². The summed E-state index contributed by atoms with van der Waals surface area (Å²) in [6.45, 7) is 0.607. The van der Waals surface area contributed by atoms with Gasteiger partial charge in [-0.25, -0.2) is 0 Å². The molecule has 3 aromatic carbocycles. The first-order chi connectivity index (χ1) is 10.8. The molecule has 1 N–H and O–H groups in total. The molecule has 3 aromatic rings. The summed E-state index contributed by atoms with van der Waals surface area (Å²) < 4.78 is 0. The topological polar surface area (TPSA) is 32.6 Å². The summed E-state index contributed by atoms with van der Waals surface area (Å²) in [5, 5.41) is 10.4. The van der Waals surface area contributed by atoms with Gasteiger partial charge in [-0.1, -0.05) is 72.8 Å². The lowest BCUT2D eigenvalue weighted by Gasteiger charge is -2.07. The first-order valence-corrected chi connectivity index (χ1v) is 7.26. The average Bonchev–Trinajstić information content (AvgIpc) is 2.58. The van der Waals surface area contributed by atoms with Gasteiger partial charge < -0.3 is 5.11 Å². The first-order valence-electron chi connectivity index (χ1n) is 7.26. The highest BCUT2D eigenvalue weighted by atomic mass is 16.3. The third kappa shape index (κ3) is 3.23. The normalized spacial score (nSPS) is 10.9. The third-order valence-electron chi connectivity index (χ3n) is 3.50. The predicted molar refractivity (Wildman–Crippen MR) is 91.3 cm³/mol. The number of rotatable bonds is 4. The molecule has 0 heterocycles. The van der Waals surface area contributed by atoms with Crippen LogP contribution in [-0.2, 0) is 6.54 Å². The van der Waals surface area contributed by atoms with Crippen molar-refractivity contribution in [2.45, 2.75) is 6.54 Å². The van der Waals surface area contributed by atoms with Crippen LogP contribution in [-0.4, -0.2) is 11.3 Å². The first kappa shape index (κ1) is 14.1. The Morgan fingerprint density at radius 3 is 2.18 bits per heavy atom. The van der Waals surface area contributed by atoms with Crippen LogP contribution in [0.5, 0.6) is 5.75 Å². The molecule has 3 rings (SSSR count). The fraction of sp³-hybridized carbons (Fsp3) is 0.0500. The highest BCUT2D eigenvalue weighted by Crippen LogP contribution is 2.31. The van der Waals surface area contributed by atoms with Crippen LogP contribution in [0.25, 0.3) is 11.1 Å². The van der Waals surface area contributed by atoms with E-state index in [1.165, 1.54) is 0 Å². The molecule has 0 aliphatic rings. The number of nitrogens with zero attached hydrogens (tertiary/aromatic N) is 1. The molecule has 2 nitrogen and oxygen atoms in total. The Morgan fingerprint density at radius 2 is 1.45 bits per heavy atom. The van der Waals surface area contributed by atoms with Crippen LogP contribution >= 0.6 is 0 Å². The third-order valence-corrected chi connectivity index (χ3v) is 3.50. The molecule has 0 unspecified atom stereocenters. The van der Waals surface area contributed by atoms with E-state index in [1.54, 1.807) is 6.21 Å². The Balaban J connectivity index is 1.83. The summed E-state index contributed by atoms with van der Waals surface area (Å²) in [5.74, 6) is 0.269. The summed E-state index contributed by atoms with van der Waals surface area (Å²) in [6.07, 6.45) is 1.73. The van der Waals surface area contributed by atoms with Gasteiger partial charge in [-0.3, -0.25) is 4.99 Å². The fourth-order valence-electron chi connectivity index (χ4n) is 2.35. The molecule has 0 saturated carbocycles. The molecule has 0 radical (unpaired) electrons. The molecule has 0 bridgehead atoms. The van der Waals surface area contributed by atoms with E-state index in [0.717, 1.165) is 22.3 Å². The van der Waals surface area contributed by atoms with E-state index in [4.69, 9.17) is 0 Å². The quantitative estimate of drug-likeness (QED) is 0.694. The van der Waals surface area contributed by atoms with E-state index in [-0.39, 0.29) is 5.75 Å². The number of aliphatic imine (C=N–C) groups is 1. The van der Waals surface area contributed by atoms with Crippen molar-refractivity contribution in [3.8, 4) is 16.9 Å². The predicted octanol–water partition coefficient (Wildman–Crippen LogP) is 4.68. The maximum absolute atomic E-state index is 10.4. The fourth-order valence-corrected chi connectivity index (χ4v) is 2.35. The monoisotopic (exact) mass is 287 g/mol. The SMILES string of the molecule is Oc1c(C=NCc2ccccc2)cccc1-c1ccccc1. The van der Waals surface area contributed by atoms with Crippen LogP contribution in [0.4, 0.5) is 0 Å². The molecule has 0 aromatic heterocycles. The van der Waals surface area contributed by atoms with Crippen molar-refractivity contribution < 1.29 is 5.11 Å². The lowest BCUT2D eigenvalue weighted by atomic mass is 10.0. The number of aromatic hydroxyl groups is 1. The summed E-state index contributed by atoms with van der Waals surface area (Å²) in [7, 11) is 0. The highest BCUT2D eigenvalue weighted by Gasteiger charge is 2.06. The minimum Gasteiger partial charge on any atom is -0.507 e. The largest absolute Gasteiger partial charge is 0.507 e. The summed E-state index contributed by atoms with van der Waals surface area (Å²) in [6, 6.07) is 25.6. The highest BCUT2D eigenvalue weighted by molar-refractivity contribution is 5.88. The van der Waals surface area contributed by atoms with Crippen LogP contribution in [0.1, 0.15) is 11.1 Å². The zero-order chi connectivity index (χ0) is 15.2. The molecule has 0 aliphatic carbocycles. The second-order valence-electron chi connectivity index (χ2n) is 5.06. The van der Waals surface area contributed by atoms with Crippen molar-refractivity contribution in [3.63, 3.8) is 0 Å². The number of phenolic OH excluding ortho intramolecular Hbond substituents is 1. The Morgan fingerprint density at radius 1 is 0.773 bits per heavy atom. The molecule has 108 valence electrons. The molecule has 22 heavy (non-hydrogen) atoms. The van der Waals surface area contributed by atoms with Gasteiger partial charge in [0.1, 0.15) is 5.75 Å².